The lowest BCUT2D eigenvalue weighted by molar-refractivity contribution is 0.528. The number of hydrogen-bond donors (Lipinski definition) is 1. The molecule has 1 aliphatic heterocycles. The largest absolute Gasteiger partial charge is 0.316 e. The maximum Gasteiger partial charge on any atom is 0.142 e. The van der Waals surface area contributed by atoms with Gasteiger partial charge in [0.15, 0.2) is 0 Å². The number of rotatable bonds is 4. The van der Waals surface area contributed by atoms with Gasteiger partial charge in [0.1, 0.15) is 5.82 Å². The first-order chi connectivity index (χ1) is 9.13. The molecule has 0 amide bonds. The van der Waals surface area contributed by atoms with E-state index in [1.807, 2.05) is 36.6 Å². The van der Waals surface area contributed by atoms with Crippen LogP contribution in [0.4, 0.5) is 4.39 Å². The number of thioether (sulfide) groups is 2. The van der Waals surface area contributed by atoms with Crippen molar-refractivity contribution in [2.45, 2.75) is 29.9 Å². The summed E-state index contributed by atoms with van der Waals surface area (Å²) in [5, 5.41) is 4.81. The van der Waals surface area contributed by atoms with Crippen molar-refractivity contribution >= 4 is 35.1 Å². The van der Waals surface area contributed by atoms with Gasteiger partial charge < -0.3 is 5.32 Å². The van der Waals surface area contributed by atoms with Crippen LogP contribution >= 0.6 is 35.1 Å². The van der Waals surface area contributed by atoms with Crippen molar-refractivity contribution in [3.05, 3.63) is 34.6 Å². The number of benzene rings is 1. The van der Waals surface area contributed by atoms with Crippen LogP contribution < -0.4 is 5.32 Å². The molecule has 3 atom stereocenters. The highest BCUT2D eigenvalue weighted by molar-refractivity contribution is 8.07. The number of halogens is 2. The highest BCUT2D eigenvalue weighted by Crippen LogP contribution is 2.34. The van der Waals surface area contributed by atoms with Crippen LogP contribution in [-0.4, -0.2) is 35.1 Å². The molecule has 5 heteroatoms. The Kier molecular flexibility index (Phi) is 5.87. The van der Waals surface area contributed by atoms with Gasteiger partial charge in [-0.25, -0.2) is 4.39 Å². The quantitative estimate of drug-likeness (QED) is 0.905. The van der Waals surface area contributed by atoms with Gasteiger partial charge in [0.25, 0.3) is 0 Å². The standard InChI is InChI=1S/C14H19ClFNS2/c1-9-14(19-7-6-18-9)12(17-2)8-10-4-3-5-11(16)13(10)15/h3-5,9,12,14,17H,6-8H2,1-2H3. The Balaban J connectivity index is 2.12. The fourth-order valence-electron chi connectivity index (χ4n) is 2.42. The molecule has 1 aromatic carbocycles. The summed E-state index contributed by atoms with van der Waals surface area (Å²) in [6.45, 7) is 2.28. The predicted octanol–water partition coefficient (Wildman–Crippen LogP) is 3.85. The third-order valence-corrected chi connectivity index (χ3v) is 7.15. The lowest BCUT2D eigenvalue weighted by Gasteiger charge is -2.34. The zero-order valence-electron chi connectivity index (χ0n) is 11.2. The third kappa shape index (κ3) is 3.81. The van der Waals surface area contributed by atoms with Crippen LogP contribution in [0.25, 0.3) is 0 Å². The molecule has 2 rings (SSSR count). The molecule has 19 heavy (non-hydrogen) atoms. The second-order valence-corrected chi connectivity index (χ2v) is 7.87. The van der Waals surface area contributed by atoms with E-state index in [0.717, 1.165) is 12.0 Å². The van der Waals surface area contributed by atoms with Crippen molar-refractivity contribution in [1.29, 1.82) is 0 Å². The normalized spacial score (nSPS) is 25.3. The molecule has 0 saturated carbocycles. The minimum absolute atomic E-state index is 0.267. The zero-order valence-corrected chi connectivity index (χ0v) is 13.5. The van der Waals surface area contributed by atoms with Gasteiger partial charge in [0.2, 0.25) is 0 Å². The van der Waals surface area contributed by atoms with Crippen LogP contribution in [0, 0.1) is 5.82 Å². The van der Waals surface area contributed by atoms with Gasteiger partial charge >= 0.3 is 0 Å². The second-order valence-electron chi connectivity index (χ2n) is 4.72. The monoisotopic (exact) mass is 319 g/mol. The molecular formula is C14H19ClFNS2. The minimum atomic E-state index is -0.326. The first-order valence-corrected chi connectivity index (χ1v) is 8.94. The summed E-state index contributed by atoms with van der Waals surface area (Å²) in [7, 11) is 1.98. The lowest BCUT2D eigenvalue weighted by Crippen LogP contribution is -2.44. The lowest BCUT2D eigenvalue weighted by atomic mass is 10.0. The van der Waals surface area contributed by atoms with Gasteiger partial charge in [0, 0.05) is 28.0 Å². The van der Waals surface area contributed by atoms with Crippen molar-refractivity contribution in [2.24, 2.45) is 0 Å². The first-order valence-electron chi connectivity index (χ1n) is 6.47. The Bertz CT molecular complexity index is 430. The first kappa shape index (κ1) is 15.5. The van der Waals surface area contributed by atoms with Gasteiger partial charge in [-0.15, -0.1) is 0 Å². The molecular weight excluding hydrogens is 301 g/mol. The van der Waals surface area contributed by atoms with Crippen molar-refractivity contribution in [3.63, 3.8) is 0 Å². The fourth-order valence-corrected chi connectivity index (χ4v) is 5.62. The molecule has 1 aromatic rings. The van der Waals surface area contributed by atoms with E-state index in [2.05, 4.69) is 12.2 Å². The predicted molar refractivity (Wildman–Crippen MR) is 86.1 cm³/mol. The van der Waals surface area contributed by atoms with Crippen LogP contribution in [0.1, 0.15) is 12.5 Å². The Hall–Kier alpha value is 0.1000. The van der Waals surface area contributed by atoms with Gasteiger partial charge in [0.05, 0.1) is 5.02 Å². The van der Waals surface area contributed by atoms with Gasteiger partial charge in [-0.2, -0.15) is 23.5 Å². The van der Waals surface area contributed by atoms with E-state index in [-0.39, 0.29) is 10.8 Å². The SMILES string of the molecule is CNC(Cc1cccc(F)c1Cl)C1SCCSC1C. The molecule has 0 aromatic heterocycles. The minimum Gasteiger partial charge on any atom is -0.316 e. The average molecular weight is 320 g/mol. The van der Waals surface area contributed by atoms with Crippen molar-refractivity contribution < 1.29 is 4.39 Å². The summed E-state index contributed by atoms with van der Waals surface area (Å²) >= 11 is 10.1. The van der Waals surface area contributed by atoms with Crippen LogP contribution in [0.15, 0.2) is 18.2 Å². The Labute approximate surface area is 128 Å². The maximum absolute atomic E-state index is 13.5. The van der Waals surface area contributed by atoms with E-state index in [9.17, 15) is 4.39 Å². The summed E-state index contributed by atoms with van der Waals surface area (Å²) in [5.74, 6) is 2.08. The van der Waals surface area contributed by atoms with E-state index < -0.39 is 0 Å². The van der Waals surface area contributed by atoms with Crippen LogP contribution in [0.3, 0.4) is 0 Å². The molecule has 0 radical (unpaired) electrons. The Morgan fingerprint density at radius 2 is 2.16 bits per heavy atom. The molecule has 1 fully saturated rings. The molecule has 0 bridgehead atoms. The fraction of sp³-hybridized carbons (Fsp3) is 0.571. The number of likely N-dealkylation sites (N-methyl/N-ethyl adjacent to an activating group) is 1. The third-order valence-electron chi connectivity index (χ3n) is 3.48. The highest BCUT2D eigenvalue weighted by Gasteiger charge is 2.30. The molecule has 1 nitrogen and oxygen atoms in total. The summed E-state index contributed by atoms with van der Waals surface area (Å²) < 4.78 is 13.5. The van der Waals surface area contributed by atoms with Gasteiger partial charge in [-0.1, -0.05) is 30.7 Å². The number of hydrogen-bond acceptors (Lipinski definition) is 3. The highest BCUT2D eigenvalue weighted by atomic mass is 35.5. The van der Waals surface area contributed by atoms with Gasteiger partial charge in [-0.3, -0.25) is 0 Å². The molecule has 1 aliphatic rings. The molecule has 3 unspecified atom stereocenters. The molecule has 1 heterocycles. The van der Waals surface area contributed by atoms with E-state index in [1.54, 1.807) is 6.07 Å². The van der Waals surface area contributed by atoms with Crippen LogP contribution in [-0.2, 0) is 6.42 Å². The summed E-state index contributed by atoms with van der Waals surface area (Å²) in [6, 6.07) is 5.39. The van der Waals surface area contributed by atoms with E-state index in [0.29, 0.717) is 16.5 Å². The van der Waals surface area contributed by atoms with E-state index in [4.69, 9.17) is 11.6 Å². The summed E-state index contributed by atoms with van der Waals surface area (Å²) in [6.07, 6.45) is 0.773. The van der Waals surface area contributed by atoms with Crippen molar-refractivity contribution in [3.8, 4) is 0 Å². The Morgan fingerprint density at radius 3 is 2.84 bits per heavy atom. The molecule has 0 spiro atoms. The maximum atomic E-state index is 13.5. The van der Waals surface area contributed by atoms with Gasteiger partial charge in [-0.05, 0) is 25.1 Å². The van der Waals surface area contributed by atoms with E-state index >= 15 is 0 Å². The smallest absolute Gasteiger partial charge is 0.142 e. The van der Waals surface area contributed by atoms with Crippen molar-refractivity contribution in [2.75, 3.05) is 18.6 Å². The molecule has 0 aliphatic carbocycles. The van der Waals surface area contributed by atoms with E-state index in [1.165, 1.54) is 17.6 Å². The molecule has 106 valence electrons. The van der Waals surface area contributed by atoms with Crippen LogP contribution in [0.2, 0.25) is 5.02 Å². The average Bonchev–Trinajstić information content (AvgIpc) is 2.41. The summed E-state index contributed by atoms with van der Waals surface area (Å²) in [5.41, 5.74) is 0.893. The number of nitrogens with one attached hydrogen (secondary N) is 1. The molecule has 1 saturated heterocycles. The zero-order chi connectivity index (χ0) is 13.8. The topological polar surface area (TPSA) is 12.0 Å². The Morgan fingerprint density at radius 1 is 1.42 bits per heavy atom. The van der Waals surface area contributed by atoms with Crippen LogP contribution in [0.5, 0.6) is 0 Å². The van der Waals surface area contributed by atoms with Crippen molar-refractivity contribution in [1.82, 2.24) is 5.32 Å². The molecule has 1 N–H and O–H groups in total. The second kappa shape index (κ2) is 7.21. The summed E-state index contributed by atoms with van der Waals surface area (Å²) in [4.78, 5) is 0.